The van der Waals surface area contributed by atoms with Crippen LogP contribution in [0.1, 0.15) is 37.7 Å². The number of rotatable bonds is 7. The first kappa shape index (κ1) is 17.6. The molecular formula is C20H25N3O2S. The van der Waals surface area contributed by atoms with Crippen LogP contribution in [0.15, 0.2) is 34.8 Å². The summed E-state index contributed by atoms with van der Waals surface area (Å²) in [6.45, 7) is 3.93. The number of hydrogen-bond donors (Lipinski definition) is 0. The molecule has 0 radical (unpaired) electrons. The number of nitro groups is 1. The Morgan fingerprint density at radius 3 is 2.69 bits per heavy atom. The molecule has 5 nitrogen and oxygen atoms in total. The zero-order valence-corrected chi connectivity index (χ0v) is 16.0. The predicted octanol–water partition coefficient (Wildman–Crippen LogP) is 5.08. The van der Waals surface area contributed by atoms with E-state index < -0.39 is 0 Å². The van der Waals surface area contributed by atoms with E-state index in [0.29, 0.717) is 0 Å². The van der Waals surface area contributed by atoms with Crippen LogP contribution < -0.4 is 0 Å². The van der Waals surface area contributed by atoms with E-state index in [0.717, 1.165) is 53.5 Å². The summed E-state index contributed by atoms with van der Waals surface area (Å²) in [4.78, 5) is 17.7. The maximum absolute atomic E-state index is 10.9. The SMILES string of the molecule is Cc1cc([N+](=O)[O-])ccc1N=C1SCCN1CCC=C(C1CC1)C1CC1. The van der Waals surface area contributed by atoms with Crippen LogP contribution in [0.3, 0.4) is 0 Å². The highest BCUT2D eigenvalue weighted by atomic mass is 32.2. The van der Waals surface area contributed by atoms with Crippen molar-refractivity contribution in [2.45, 2.75) is 39.0 Å². The third kappa shape index (κ3) is 4.11. The topological polar surface area (TPSA) is 58.7 Å². The highest BCUT2D eigenvalue weighted by Crippen LogP contribution is 2.48. The lowest BCUT2D eigenvalue weighted by Gasteiger charge is -2.17. The van der Waals surface area contributed by atoms with Crippen LogP contribution in [0, 0.1) is 28.9 Å². The van der Waals surface area contributed by atoms with Crippen molar-refractivity contribution in [2.24, 2.45) is 16.8 Å². The fraction of sp³-hybridized carbons (Fsp3) is 0.550. The molecule has 0 amide bonds. The Kier molecular flexibility index (Phi) is 5.02. The van der Waals surface area contributed by atoms with Crippen molar-refractivity contribution >= 4 is 28.3 Å². The molecule has 3 fully saturated rings. The van der Waals surface area contributed by atoms with E-state index >= 15 is 0 Å². The van der Waals surface area contributed by atoms with Crippen LogP contribution in [0.2, 0.25) is 0 Å². The molecule has 0 N–H and O–H groups in total. The van der Waals surface area contributed by atoms with Gasteiger partial charge in [0.15, 0.2) is 5.17 Å². The van der Waals surface area contributed by atoms with Gasteiger partial charge in [0.1, 0.15) is 0 Å². The monoisotopic (exact) mass is 371 g/mol. The number of thioether (sulfide) groups is 1. The van der Waals surface area contributed by atoms with Gasteiger partial charge >= 0.3 is 0 Å². The van der Waals surface area contributed by atoms with E-state index in [2.05, 4.69) is 11.0 Å². The first-order valence-corrected chi connectivity index (χ1v) is 10.5. The van der Waals surface area contributed by atoms with Crippen molar-refractivity contribution in [3.8, 4) is 0 Å². The number of hydrogen-bond acceptors (Lipinski definition) is 4. The van der Waals surface area contributed by atoms with Gasteiger partial charge in [0.2, 0.25) is 0 Å². The van der Waals surface area contributed by atoms with Crippen molar-refractivity contribution < 1.29 is 4.92 Å². The number of nitro benzene ring substituents is 1. The number of non-ortho nitro benzene ring substituents is 1. The summed E-state index contributed by atoms with van der Waals surface area (Å²) in [5, 5.41) is 11.9. The lowest BCUT2D eigenvalue weighted by molar-refractivity contribution is -0.384. The van der Waals surface area contributed by atoms with Crippen LogP contribution in [-0.2, 0) is 0 Å². The Bertz CT molecular complexity index is 752. The second-order valence-corrected chi connectivity index (χ2v) is 8.56. The second kappa shape index (κ2) is 7.43. The van der Waals surface area contributed by atoms with Crippen LogP contribution in [0.25, 0.3) is 0 Å². The number of allylic oxidation sites excluding steroid dienone is 1. The van der Waals surface area contributed by atoms with Crippen LogP contribution in [0.4, 0.5) is 11.4 Å². The van der Waals surface area contributed by atoms with Gasteiger partial charge in [0.05, 0.1) is 10.6 Å². The highest BCUT2D eigenvalue weighted by molar-refractivity contribution is 8.14. The molecule has 6 heteroatoms. The quantitative estimate of drug-likeness (QED) is 0.381. The first-order valence-electron chi connectivity index (χ1n) is 9.53. The average Bonchev–Trinajstić information content (AvgIpc) is 3.53. The summed E-state index contributed by atoms with van der Waals surface area (Å²) >= 11 is 1.78. The van der Waals surface area contributed by atoms with Gasteiger partial charge in [-0.2, -0.15) is 0 Å². The molecule has 3 aliphatic rings. The molecule has 138 valence electrons. The van der Waals surface area contributed by atoms with E-state index in [1.807, 2.05) is 6.92 Å². The zero-order valence-electron chi connectivity index (χ0n) is 15.2. The lowest BCUT2D eigenvalue weighted by atomic mass is 10.0. The van der Waals surface area contributed by atoms with Gasteiger partial charge in [-0.3, -0.25) is 10.1 Å². The number of aryl methyl sites for hydroxylation is 1. The van der Waals surface area contributed by atoms with E-state index in [4.69, 9.17) is 4.99 Å². The molecule has 4 rings (SSSR count). The molecule has 0 spiro atoms. The minimum absolute atomic E-state index is 0.125. The van der Waals surface area contributed by atoms with Gasteiger partial charge in [-0.1, -0.05) is 23.4 Å². The summed E-state index contributed by atoms with van der Waals surface area (Å²) < 4.78 is 0. The second-order valence-electron chi connectivity index (χ2n) is 7.50. The molecule has 1 heterocycles. The van der Waals surface area contributed by atoms with Crippen molar-refractivity contribution in [1.82, 2.24) is 4.90 Å². The number of aliphatic imine (C=N–C) groups is 1. The molecule has 1 saturated heterocycles. The van der Waals surface area contributed by atoms with Crippen molar-refractivity contribution in [1.29, 1.82) is 0 Å². The number of benzene rings is 1. The Morgan fingerprint density at radius 1 is 1.35 bits per heavy atom. The average molecular weight is 372 g/mol. The van der Waals surface area contributed by atoms with Crippen LogP contribution >= 0.6 is 11.8 Å². The first-order chi connectivity index (χ1) is 12.6. The van der Waals surface area contributed by atoms with Crippen molar-refractivity contribution in [3.05, 3.63) is 45.5 Å². The Hall–Kier alpha value is -1.82. The summed E-state index contributed by atoms with van der Waals surface area (Å²) in [5.41, 5.74) is 3.54. The standard InChI is InChI=1S/C20H25N3O2S/c1-14-13-17(23(24)25)8-9-19(14)21-20-22(11-12-26-20)10-2-3-18(15-4-5-15)16-6-7-16/h3,8-9,13,15-16H,2,4-7,10-12H2,1H3. The molecule has 2 aliphatic carbocycles. The molecule has 0 atom stereocenters. The summed E-state index contributed by atoms with van der Waals surface area (Å²) in [7, 11) is 0. The Balaban J connectivity index is 1.42. The number of amidine groups is 1. The molecule has 1 aliphatic heterocycles. The van der Waals surface area contributed by atoms with Gasteiger partial charge in [0.25, 0.3) is 5.69 Å². The van der Waals surface area contributed by atoms with Crippen molar-refractivity contribution in [3.63, 3.8) is 0 Å². The van der Waals surface area contributed by atoms with E-state index in [9.17, 15) is 10.1 Å². The highest BCUT2D eigenvalue weighted by Gasteiger charge is 2.35. The third-order valence-electron chi connectivity index (χ3n) is 5.35. The largest absolute Gasteiger partial charge is 0.350 e. The maximum Gasteiger partial charge on any atom is 0.269 e. The minimum atomic E-state index is -0.357. The van der Waals surface area contributed by atoms with Gasteiger partial charge in [-0.25, -0.2) is 4.99 Å². The summed E-state index contributed by atoms with van der Waals surface area (Å²) in [6, 6.07) is 4.90. The fourth-order valence-corrected chi connectivity index (χ4v) is 4.64. The van der Waals surface area contributed by atoms with E-state index in [1.54, 1.807) is 29.5 Å². The molecule has 1 aromatic rings. The number of nitrogens with zero attached hydrogens (tertiary/aromatic N) is 3. The molecule has 0 bridgehead atoms. The minimum Gasteiger partial charge on any atom is -0.350 e. The Labute approximate surface area is 158 Å². The zero-order chi connectivity index (χ0) is 18.1. The summed E-state index contributed by atoms with van der Waals surface area (Å²) in [6.07, 6.45) is 9.19. The molecule has 26 heavy (non-hydrogen) atoms. The van der Waals surface area contributed by atoms with Gasteiger partial charge in [-0.05, 0) is 62.5 Å². The maximum atomic E-state index is 10.9. The Morgan fingerprint density at radius 2 is 2.08 bits per heavy atom. The normalized spacial score (nSPS) is 21.3. The molecule has 2 saturated carbocycles. The lowest BCUT2D eigenvalue weighted by Crippen LogP contribution is -2.25. The smallest absolute Gasteiger partial charge is 0.269 e. The van der Waals surface area contributed by atoms with Gasteiger partial charge < -0.3 is 4.90 Å². The molecule has 1 aromatic carbocycles. The van der Waals surface area contributed by atoms with Crippen molar-refractivity contribution in [2.75, 3.05) is 18.8 Å². The van der Waals surface area contributed by atoms with Gasteiger partial charge in [0, 0.05) is 31.0 Å². The van der Waals surface area contributed by atoms with Gasteiger partial charge in [-0.15, -0.1) is 0 Å². The fourth-order valence-electron chi connectivity index (χ4n) is 3.61. The molecular weight excluding hydrogens is 346 g/mol. The third-order valence-corrected chi connectivity index (χ3v) is 6.34. The predicted molar refractivity (Wildman–Crippen MR) is 107 cm³/mol. The summed E-state index contributed by atoms with van der Waals surface area (Å²) in [5.74, 6) is 2.85. The molecule has 0 aromatic heterocycles. The van der Waals surface area contributed by atoms with Crippen LogP contribution in [0.5, 0.6) is 0 Å². The van der Waals surface area contributed by atoms with Crippen LogP contribution in [-0.4, -0.2) is 33.8 Å². The molecule has 0 unspecified atom stereocenters. The van der Waals surface area contributed by atoms with E-state index in [-0.39, 0.29) is 10.6 Å². The van der Waals surface area contributed by atoms with E-state index in [1.165, 1.54) is 31.7 Å².